The van der Waals surface area contributed by atoms with Crippen LogP contribution in [0.25, 0.3) is 0 Å². The average Bonchev–Trinajstić information content (AvgIpc) is 2.04. The highest BCUT2D eigenvalue weighted by atomic mass is 16.3. The van der Waals surface area contributed by atoms with Crippen molar-refractivity contribution in [1.82, 2.24) is 0 Å². The Hall–Kier alpha value is -0.560. The Kier molecular flexibility index (Phi) is 3.73. The molecule has 0 aromatic heterocycles. The molecule has 0 aromatic carbocycles. The van der Waals surface area contributed by atoms with Crippen LogP contribution >= 0.6 is 0 Å². The van der Waals surface area contributed by atoms with Gasteiger partial charge in [-0.2, -0.15) is 0 Å². The van der Waals surface area contributed by atoms with Crippen molar-refractivity contribution in [2.45, 2.75) is 33.1 Å². The minimum absolute atomic E-state index is 0.290. The van der Waals surface area contributed by atoms with E-state index in [4.69, 9.17) is 5.11 Å². The molecule has 1 N–H and O–H groups in total. The molecule has 0 radical (unpaired) electrons. The van der Waals surface area contributed by atoms with Gasteiger partial charge in [0, 0.05) is 6.61 Å². The van der Waals surface area contributed by atoms with Crippen molar-refractivity contribution >= 4 is 0 Å². The zero-order valence-electron chi connectivity index (χ0n) is 8.71. The molecular formula is C12H20O. The van der Waals surface area contributed by atoms with E-state index in [-0.39, 0.29) is 6.61 Å². The highest BCUT2D eigenvalue weighted by molar-refractivity contribution is 5.13. The van der Waals surface area contributed by atoms with Crippen LogP contribution in [0.4, 0.5) is 0 Å². The van der Waals surface area contributed by atoms with Crippen LogP contribution in [0.3, 0.4) is 0 Å². The fourth-order valence-electron chi connectivity index (χ4n) is 2.21. The van der Waals surface area contributed by atoms with E-state index in [1.54, 1.807) is 0 Å². The standard InChI is InChI=1S/C12H20O/c1-9(2)12-5-4-10(3)8-11(12)6-7-13/h8,11-13H,1,4-7H2,2-3H3/t11-,12-/m0/s1. The van der Waals surface area contributed by atoms with Crippen molar-refractivity contribution in [3.8, 4) is 0 Å². The van der Waals surface area contributed by atoms with Crippen molar-refractivity contribution in [3.63, 3.8) is 0 Å². The quantitative estimate of drug-likeness (QED) is 0.662. The minimum Gasteiger partial charge on any atom is -0.396 e. The molecule has 1 aliphatic rings. The van der Waals surface area contributed by atoms with E-state index in [1.807, 2.05) is 0 Å². The molecule has 1 rings (SSSR count). The molecule has 0 aliphatic heterocycles. The average molecular weight is 180 g/mol. The maximum absolute atomic E-state index is 8.95. The Morgan fingerprint density at radius 2 is 2.38 bits per heavy atom. The second-order valence-electron chi connectivity index (χ2n) is 4.18. The Morgan fingerprint density at radius 1 is 1.69 bits per heavy atom. The van der Waals surface area contributed by atoms with E-state index >= 15 is 0 Å². The van der Waals surface area contributed by atoms with Crippen LogP contribution in [0.15, 0.2) is 23.8 Å². The molecule has 0 saturated heterocycles. The Morgan fingerprint density at radius 3 is 2.92 bits per heavy atom. The summed E-state index contributed by atoms with van der Waals surface area (Å²) in [5.41, 5.74) is 2.73. The number of hydrogen-bond donors (Lipinski definition) is 1. The van der Waals surface area contributed by atoms with Gasteiger partial charge >= 0.3 is 0 Å². The van der Waals surface area contributed by atoms with Gasteiger partial charge in [0.05, 0.1) is 0 Å². The summed E-state index contributed by atoms with van der Waals surface area (Å²) < 4.78 is 0. The van der Waals surface area contributed by atoms with Crippen molar-refractivity contribution in [2.75, 3.05) is 6.61 Å². The summed E-state index contributed by atoms with van der Waals surface area (Å²) in [6, 6.07) is 0. The van der Waals surface area contributed by atoms with Crippen LogP contribution in [-0.2, 0) is 0 Å². The maximum atomic E-state index is 8.95. The van der Waals surface area contributed by atoms with Crippen LogP contribution in [-0.4, -0.2) is 11.7 Å². The first-order valence-corrected chi connectivity index (χ1v) is 5.08. The molecule has 0 aromatic rings. The van der Waals surface area contributed by atoms with E-state index in [0.29, 0.717) is 11.8 Å². The third-order valence-corrected chi connectivity index (χ3v) is 2.96. The second-order valence-corrected chi connectivity index (χ2v) is 4.18. The summed E-state index contributed by atoms with van der Waals surface area (Å²) >= 11 is 0. The third-order valence-electron chi connectivity index (χ3n) is 2.96. The van der Waals surface area contributed by atoms with Gasteiger partial charge in [0.1, 0.15) is 0 Å². The molecule has 13 heavy (non-hydrogen) atoms. The minimum atomic E-state index is 0.290. The number of aliphatic hydroxyl groups is 1. The zero-order chi connectivity index (χ0) is 9.84. The van der Waals surface area contributed by atoms with Gasteiger partial charge in [0.2, 0.25) is 0 Å². The van der Waals surface area contributed by atoms with E-state index in [2.05, 4.69) is 26.5 Å². The molecule has 0 unspecified atom stereocenters. The van der Waals surface area contributed by atoms with Crippen LogP contribution < -0.4 is 0 Å². The van der Waals surface area contributed by atoms with Crippen molar-refractivity contribution in [3.05, 3.63) is 23.8 Å². The molecule has 0 saturated carbocycles. The van der Waals surface area contributed by atoms with Crippen molar-refractivity contribution in [2.24, 2.45) is 11.8 Å². The van der Waals surface area contributed by atoms with Crippen molar-refractivity contribution in [1.29, 1.82) is 0 Å². The van der Waals surface area contributed by atoms with Crippen LogP contribution in [0.2, 0.25) is 0 Å². The largest absolute Gasteiger partial charge is 0.396 e. The molecular weight excluding hydrogens is 160 g/mol. The number of rotatable bonds is 3. The lowest BCUT2D eigenvalue weighted by Crippen LogP contribution is -2.19. The van der Waals surface area contributed by atoms with Gasteiger partial charge in [-0.1, -0.05) is 23.8 Å². The summed E-state index contributed by atoms with van der Waals surface area (Å²) in [5, 5.41) is 8.95. The molecule has 0 heterocycles. The van der Waals surface area contributed by atoms with Gasteiger partial charge in [0.25, 0.3) is 0 Å². The molecule has 1 heteroatoms. The first-order chi connectivity index (χ1) is 6.15. The lowest BCUT2D eigenvalue weighted by molar-refractivity contribution is 0.244. The van der Waals surface area contributed by atoms with Crippen LogP contribution in [0.5, 0.6) is 0 Å². The van der Waals surface area contributed by atoms with Gasteiger partial charge < -0.3 is 5.11 Å². The Bertz CT molecular complexity index is 215. The zero-order valence-corrected chi connectivity index (χ0v) is 8.71. The second kappa shape index (κ2) is 4.61. The smallest absolute Gasteiger partial charge is 0.0436 e. The summed E-state index contributed by atoms with van der Waals surface area (Å²) in [6.07, 6.45) is 5.61. The van der Waals surface area contributed by atoms with E-state index in [0.717, 1.165) is 6.42 Å². The van der Waals surface area contributed by atoms with E-state index in [1.165, 1.54) is 24.0 Å². The molecule has 0 fully saturated rings. The highest BCUT2D eigenvalue weighted by Crippen LogP contribution is 2.34. The summed E-state index contributed by atoms with van der Waals surface area (Å²) in [6.45, 7) is 8.60. The molecule has 1 nitrogen and oxygen atoms in total. The molecule has 0 amide bonds. The normalized spacial score (nSPS) is 28.4. The van der Waals surface area contributed by atoms with Gasteiger partial charge in [-0.25, -0.2) is 0 Å². The highest BCUT2D eigenvalue weighted by Gasteiger charge is 2.23. The number of hydrogen-bond acceptors (Lipinski definition) is 1. The van der Waals surface area contributed by atoms with Crippen LogP contribution in [0, 0.1) is 11.8 Å². The predicted octanol–water partition coefficient (Wildman–Crippen LogP) is 2.92. The predicted molar refractivity (Wildman–Crippen MR) is 56.5 cm³/mol. The third kappa shape index (κ3) is 2.70. The summed E-state index contributed by atoms with van der Waals surface area (Å²) in [7, 11) is 0. The lowest BCUT2D eigenvalue weighted by atomic mass is 9.76. The fourth-order valence-corrected chi connectivity index (χ4v) is 2.21. The number of aliphatic hydroxyl groups excluding tert-OH is 1. The summed E-state index contributed by atoms with van der Waals surface area (Å²) in [5.74, 6) is 1.12. The van der Waals surface area contributed by atoms with Crippen LogP contribution in [0.1, 0.15) is 33.1 Å². The molecule has 1 aliphatic carbocycles. The fraction of sp³-hybridized carbons (Fsp3) is 0.667. The lowest BCUT2D eigenvalue weighted by Gasteiger charge is -2.29. The topological polar surface area (TPSA) is 20.2 Å². The van der Waals surface area contributed by atoms with Gasteiger partial charge in [-0.3, -0.25) is 0 Å². The van der Waals surface area contributed by atoms with Crippen molar-refractivity contribution < 1.29 is 5.11 Å². The van der Waals surface area contributed by atoms with Gasteiger partial charge in [-0.05, 0) is 44.9 Å². The first-order valence-electron chi connectivity index (χ1n) is 5.08. The molecule has 74 valence electrons. The van der Waals surface area contributed by atoms with E-state index < -0.39 is 0 Å². The Labute approximate surface area is 81.2 Å². The first kappa shape index (κ1) is 10.5. The van der Waals surface area contributed by atoms with Gasteiger partial charge in [-0.15, -0.1) is 0 Å². The number of allylic oxidation sites excluding steroid dienone is 3. The Balaban J connectivity index is 2.69. The van der Waals surface area contributed by atoms with Gasteiger partial charge in [0.15, 0.2) is 0 Å². The summed E-state index contributed by atoms with van der Waals surface area (Å²) in [4.78, 5) is 0. The SMILES string of the molecule is C=C(C)[C@@H]1CCC(C)=C[C@@H]1CCO. The molecule has 0 bridgehead atoms. The monoisotopic (exact) mass is 180 g/mol. The molecule has 2 atom stereocenters. The van der Waals surface area contributed by atoms with E-state index in [9.17, 15) is 0 Å². The maximum Gasteiger partial charge on any atom is 0.0436 e. The molecule has 0 spiro atoms.